The summed E-state index contributed by atoms with van der Waals surface area (Å²) in [6, 6.07) is 10.3. The number of aryl methyl sites for hydroxylation is 1. The second kappa shape index (κ2) is 7.43. The number of para-hydroxylation sites is 1. The number of amides is 3. The van der Waals surface area contributed by atoms with Crippen LogP contribution in [-0.4, -0.2) is 53.0 Å². The van der Waals surface area contributed by atoms with Crippen molar-refractivity contribution in [3.8, 4) is 5.75 Å². The third-order valence-corrected chi connectivity index (χ3v) is 4.43. The van der Waals surface area contributed by atoms with E-state index in [-0.39, 0.29) is 23.3 Å². The lowest BCUT2D eigenvalue weighted by Gasteiger charge is -2.35. The highest BCUT2D eigenvalue weighted by atomic mass is 19.1. The third kappa shape index (κ3) is 3.77. The molecule has 1 heterocycles. The fourth-order valence-electron chi connectivity index (χ4n) is 2.86. The molecule has 3 amide bonds. The number of carbonyl (C=O) groups is 2. The highest BCUT2D eigenvalue weighted by molar-refractivity contribution is 5.97. The van der Waals surface area contributed by atoms with E-state index in [0.717, 1.165) is 5.56 Å². The van der Waals surface area contributed by atoms with E-state index in [0.29, 0.717) is 31.9 Å². The maximum absolute atomic E-state index is 13.3. The Labute approximate surface area is 150 Å². The minimum atomic E-state index is -0.413. The molecule has 2 N–H and O–H groups in total. The van der Waals surface area contributed by atoms with Gasteiger partial charge in [0.1, 0.15) is 11.6 Å². The number of rotatable bonds is 2. The van der Waals surface area contributed by atoms with Crippen LogP contribution in [0.5, 0.6) is 5.75 Å². The maximum atomic E-state index is 13.3. The molecule has 3 rings (SSSR count). The Morgan fingerprint density at radius 1 is 1.04 bits per heavy atom. The normalized spacial score (nSPS) is 14.2. The van der Waals surface area contributed by atoms with Crippen molar-refractivity contribution in [1.82, 2.24) is 9.80 Å². The van der Waals surface area contributed by atoms with E-state index in [1.807, 2.05) is 0 Å². The van der Waals surface area contributed by atoms with Gasteiger partial charge in [0.2, 0.25) is 0 Å². The number of carbonyl (C=O) groups excluding carboxylic acids is 2. The van der Waals surface area contributed by atoms with Gasteiger partial charge in [-0.05, 0) is 36.8 Å². The first kappa shape index (κ1) is 17.7. The number of aromatic hydroxyl groups is 1. The molecule has 0 spiro atoms. The largest absolute Gasteiger partial charge is 0.507 e. The molecule has 1 aliphatic rings. The summed E-state index contributed by atoms with van der Waals surface area (Å²) < 4.78 is 13.3. The molecule has 0 radical (unpaired) electrons. The van der Waals surface area contributed by atoms with E-state index in [9.17, 15) is 19.1 Å². The molecule has 2 aromatic rings. The number of nitrogens with zero attached hydrogens (tertiary/aromatic N) is 2. The Morgan fingerprint density at radius 3 is 2.38 bits per heavy atom. The van der Waals surface area contributed by atoms with Crippen LogP contribution in [0.1, 0.15) is 15.9 Å². The molecule has 136 valence electrons. The van der Waals surface area contributed by atoms with E-state index in [1.165, 1.54) is 18.2 Å². The third-order valence-electron chi connectivity index (χ3n) is 4.43. The summed E-state index contributed by atoms with van der Waals surface area (Å²) in [5.74, 6) is -0.729. The molecule has 26 heavy (non-hydrogen) atoms. The highest BCUT2D eigenvalue weighted by Gasteiger charge is 2.26. The van der Waals surface area contributed by atoms with E-state index in [2.05, 4.69) is 5.32 Å². The average molecular weight is 357 g/mol. The van der Waals surface area contributed by atoms with Crippen LogP contribution < -0.4 is 5.32 Å². The van der Waals surface area contributed by atoms with Gasteiger partial charge in [-0.3, -0.25) is 4.79 Å². The zero-order valence-corrected chi connectivity index (χ0v) is 14.4. The van der Waals surface area contributed by atoms with Crippen LogP contribution in [0.4, 0.5) is 14.9 Å². The number of hydrogen-bond acceptors (Lipinski definition) is 3. The molecule has 0 atom stereocenters. The Balaban J connectivity index is 1.60. The van der Waals surface area contributed by atoms with Crippen LogP contribution in [0.2, 0.25) is 0 Å². The first-order valence-electron chi connectivity index (χ1n) is 8.35. The second-order valence-corrected chi connectivity index (χ2v) is 6.19. The Hall–Kier alpha value is -3.09. The number of hydrogen-bond donors (Lipinski definition) is 2. The molecule has 6 nitrogen and oxygen atoms in total. The van der Waals surface area contributed by atoms with Crippen LogP contribution >= 0.6 is 0 Å². The number of urea groups is 1. The van der Waals surface area contributed by atoms with Crippen LogP contribution in [0.25, 0.3) is 0 Å². The molecule has 1 aliphatic heterocycles. The van der Waals surface area contributed by atoms with Gasteiger partial charge in [-0.25, -0.2) is 9.18 Å². The molecule has 0 bridgehead atoms. The Bertz CT molecular complexity index is 833. The molecule has 2 aromatic carbocycles. The van der Waals surface area contributed by atoms with Gasteiger partial charge in [-0.15, -0.1) is 0 Å². The van der Waals surface area contributed by atoms with Gasteiger partial charge < -0.3 is 20.2 Å². The molecule has 0 saturated carbocycles. The lowest BCUT2D eigenvalue weighted by molar-refractivity contribution is 0.0668. The zero-order chi connectivity index (χ0) is 18.7. The van der Waals surface area contributed by atoms with Gasteiger partial charge in [0.25, 0.3) is 5.91 Å². The van der Waals surface area contributed by atoms with Crippen molar-refractivity contribution in [2.24, 2.45) is 0 Å². The Kier molecular flexibility index (Phi) is 5.06. The quantitative estimate of drug-likeness (QED) is 0.868. The number of nitrogens with one attached hydrogen (secondary N) is 1. The van der Waals surface area contributed by atoms with E-state index >= 15 is 0 Å². The number of phenols is 1. The van der Waals surface area contributed by atoms with Crippen LogP contribution in [-0.2, 0) is 0 Å². The maximum Gasteiger partial charge on any atom is 0.321 e. The van der Waals surface area contributed by atoms with Crippen LogP contribution in [0, 0.1) is 12.7 Å². The molecule has 1 saturated heterocycles. The summed E-state index contributed by atoms with van der Waals surface area (Å²) in [6.45, 7) is 3.24. The smallest absolute Gasteiger partial charge is 0.321 e. The summed E-state index contributed by atoms with van der Waals surface area (Å²) >= 11 is 0. The standard InChI is InChI=1S/C19H20FN3O3/c1-13-6-7-14(20)12-16(13)21-19(26)23-10-8-22(9-11-23)18(25)15-4-2-3-5-17(15)24/h2-7,12,24H,8-11H2,1H3,(H,21,26). The lowest BCUT2D eigenvalue weighted by atomic mass is 10.1. The minimum absolute atomic E-state index is 0.0562. The number of phenolic OH excluding ortho intramolecular Hbond substituents is 1. The fraction of sp³-hybridized carbons (Fsp3) is 0.263. The summed E-state index contributed by atoms with van der Waals surface area (Å²) in [6.07, 6.45) is 0. The van der Waals surface area contributed by atoms with Crippen LogP contribution in [0.3, 0.4) is 0 Å². The summed E-state index contributed by atoms with van der Waals surface area (Å²) in [5, 5.41) is 12.5. The van der Waals surface area contributed by atoms with Gasteiger partial charge in [0, 0.05) is 31.9 Å². The molecule has 0 aromatic heterocycles. The fourth-order valence-corrected chi connectivity index (χ4v) is 2.86. The topological polar surface area (TPSA) is 72.9 Å². The average Bonchev–Trinajstić information content (AvgIpc) is 2.64. The first-order chi connectivity index (χ1) is 12.5. The summed E-state index contributed by atoms with van der Waals surface area (Å²) in [5.41, 5.74) is 1.46. The van der Waals surface area contributed by atoms with E-state index < -0.39 is 5.82 Å². The van der Waals surface area contributed by atoms with Crippen molar-refractivity contribution in [3.63, 3.8) is 0 Å². The lowest BCUT2D eigenvalue weighted by Crippen LogP contribution is -2.51. The molecule has 0 aliphatic carbocycles. The molecule has 1 fully saturated rings. The van der Waals surface area contributed by atoms with Gasteiger partial charge >= 0.3 is 6.03 Å². The molecule has 7 heteroatoms. The number of benzene rings is 2. The van der Waals surface area contributed by atoms with Crippen LogP contribution in [0.15, 0.2) is 42.5 Å². The second-order valence-electron chi connectivity index (χ2n) is 6.19. The predicted molar refractivity (Wildman–Crippen MR) is 95.7 cm³/mol. The number of halogens is 1. The monoisotopic (exact) mass is 357 g/mol. The van der Waals surface area contributed by atoms with Crippen molar-refractivity contribution in [3.05, 3.63) is 59.4 Å². The minimum Gasteiger partial charge on any atom is -0.507 e. The summed E-state index contributed by atoms with van der Waals surface area (Å²) in [4.78, 5) is 28.0. The number of anilines is 1. The van der Waals surface area contributed by atoms with Crippen molar-refractivity contribution in [2.45, 2.75) is 6.92 Å². The van der Waals surface area contributed by atoms with Crippen molar-refractivity contribution in [2.75, 3.05) is 31.5 Å². The molecule has 0 unspecified atom stereocenters. The Morgan fingerprint density at radius 2 is 1.69 bits per heavy atom. The zero-order valence-electron chi connectivity index (χ0n) is 14.4. The molecular weight excluding hydrogens is 337 g/mol. The van der Waals surface area contributed by atoms with Gasteiger partial charge in [-0.1, -0.05) is 18.2 Å². The summed E-state index contributed by atoms with van der Waals surface area (Å²) in [7, 11) is 0. The number of piperazine rings is 1. The molecular formula is C19H20FN3O3. The van der Waals surface area contributed by atoms with Gasteiger partial charge in [0.15, 0.2) is 0 Å². The van der Waals surface area contributed by atoms with Crippen molar-refractivity contribution >= 4 is 17.6 Å². The van der Waals surface area contributed by atoms with E-state index in [4.69, 9.17) is 0 Å². The SMILES string of the molecule is Cc1ccc(F)cc1NC(=O)N1CCN(C(=O)c2ccccc2O)CC1. The van der Waals surface area contributed by atoms with Gasteiger partial charge in [0.05, 0.1) is 5.56 Å². The highest BCUT2D eigenvalue weighted by Crippen LogP contribution is 2.20. The van der Waals surface area contributed by atoms with Gasteiger partial charge in [-0.2, -0.15) is 0 Å². The van der Waals surface area contributed by atoms with E-state index in [1.54, 1.807) is 41.0 Å². The van der Waals surface area contributed by atoms with Crippen molar-refractivity contribution in [1.29, 1.82) is 0 Å². The first-order valence-corrected chi connectivity index (χ1v) is 8.35. The van der Waals surface area contributed by atoms with Crippen molar-refractivity contribution < 1.29 is 19.1 Å². The predicted octanol–water partition coefficient (Wildman–Crippen LogP) is 2.83.